The SMILES string of the molecule is CC(C)c1cc(-c2ccccc2)cc(C(C)C)c1-n1ccnc1-c1ccccc1.CC(C)c1cc2c(c(C(C)C)c1-n1ccnc1-c1ccccc1F)C1=C(CCC=C1)C2.CCC. The maximum absolute atomic E-state index is 14.7. The van der Waals surface area contributed by atoms with E-state index in [1.165, 1.54) is 73.9 Å². The summed E-state index contributed by atoms with van der Waals surface area (Å²) in [7, 11) is 0. The van der Waals surface area contributed by atoms with Crippen LogP contribution in [-0.4, -0.2) is 19.1 Å². The number of nitrogens with zero attached hydrogens (tertiary/aromatic N) is 4. The predicted molar refractivity (Wildman–Crippen MR) is 265 cm³/mol. The molecule has 0 radical (unpaired) electrons. The molecular weight excluding hydrogens is 772 g/mol. The highest BCUT2D eigenvalue weighted by molar-refractivity contribution is 5.88. The Bertz CT molecular complexity index is 2680. The maximum Gasteiger partial charge on any atom is 0.147 e. The summed E-state index contributed by atoms with van der Waals surface area (Å²) < 4.78 is 19.1. The van der Waals surface area contributed by atoms with Crippen LogP contribution in [-0.2, 0) is 6.42 Å². The maximum atomic E-state index is 14.7. The van der Waals surface area contributed by atoms with Crippen molar-refractivity contribution in [2.75, 3.05) is 0 Å². The Morgan fingerprint density at radius 2 is 1.11 bits per heavy atom. The van der Waals surface area contributed by atoms with Crippen LogP contribution >= 0.6 is 0 Å². The lowest BCUT2D eigenvalue weighted by molar-refractivity contribution is 0.629. The molecule has 0 atom stereocenters. The smallest absolute Gasteiger partial charge is 0.147 e. The fraction of sp³-hybridized carbons (Fsp3) is 0.310. The molecule has 63 heavy (non-hydrogen) atoms. The first-order chi connectivity index (χ1) is 30.4. The van der Waals surface area contributed by atoms with Crippen LogP contribution in [0.2, 0.25) is 0 Å². The van der Waals surface area contributed by atoms with Crippen LogP contribution in [0.5, 0.6) is 0 Å². The molecule has 0 bridgehead atoms. The van der Waals surface area contributed by atoms with Crippen LogP contribution in [0.15, 0.2) is 146 Å². The van der Waals surface area contributed by atoms with E-state index < -0.39 is 0 Å². The molecule has 5 heteroatoms. The molecule has 2 aromatic heterocycles. The highest BCUT2D eigenvalue weighted by Crippen LogP contribution is 2.47. The van der Waals surface area contributed by atoms with Crippen molar-refractivity contribution in [1.29, 1.82) is 0 Å². The van der Waals surface area contributed by atoms with Gasteiger partial charge >= 0.3 is 0 Å². The number of allylic oxidation sites excluding steroid dienone is 4. The Labute approximate surface area is 376 Å². The van der Waals surface area contributed by atoms with E-state index in [0.29, 0.717) is 35.1 Å². The van der Waals surface area contributed by atoms with Crippen molar-refractivity contribution in [3.05, 3.63) is 185 Å². The molecule has 2 aliphatic carbocycles. The summed E-state index contributed by atoms with van der Waals surface area (Å²) >= 11 is 0. The molecule has 9 rings (SSSR count). The minimum absolute atomic E-state index is 0.242. The van der Waals surface area contributed by atoms with Crippen LogP contribution in [0, 0.1) is 5.82 Å². The van der Waals surface area contributed by atoms with Gasteiger partial charge in [-0.3, -0.25) is 9.13 Å². The highest BCUT2D eigenvalue weighted by Gasteiger charge is 2.31. The first-order valence-electron chi connectivity index (χ1n) is 23.1. The molecule has 0 fully saturated rings. The fourth-order valence-corrected chi connectivity index (χ4v) is 9.13. The van der Waals surface area contributed by atoms with Crippen LogP contribution < -0.4 is 0 Å². The van der Waals surface area contributed by atoms with E-state index in [4.69, 9.17) is 4.98 Å². The van der Waals surface area contributed by atoms with Gasteiger partial charge in [-0.05, 0) is 117 Å². The summed E-state index contributed by atoms with van der Waals surface area (Å²) in [5.74, 6) is 2.89. The number of hydrogen-bond acceptors (Lipinski definition) is 2. The molecule has 0 N–H and O–H groups in total. The third-order valence-electron chi connectivity index (χ3n) is 12.0. The second kappa shape index (κ2) is 20.0. The molecule has 4 nitrogen and oxygen atoms in total. The van der Waals surface area contributed by atoms with E-state index in [9.17, 15) is 4.39 Å². The normalized spacial score (nSPS) is 13.0. The molecule has 0 saturated heterocycles. The van der Waals surface area contributed by atoms with Gasteiger partial charge in [0.05, 0.1) is 16.9 Å². The zero-order chi connectivity index (χ0) is 44.8. The van der Waals surface area contributed by atoms with Gasteiger partial charge in [0.15, 0.2) is 0 Å². The summed E-state index contributed by atoms with van der Waals surface area (Å²) in [6.45, 7) is 22.4. The monoisotopic (exact) mass is 837 g/mol. The van der Waals surface area contributed by atoms with Crippen molar-refractivity contribution in [3.63, 3.8) is 0 Å². The molecule has 0 amide bonds. The largest absolute Gasteiger partial charge is 0.299 e. The Kier molecular flexibility index (Phi) is 14.3. The Balaban J connectivity index is 0.000000178. The summed E-state index contributed by atoms with van der Waals surface area (Å²) in [6.07, 6.45) is 17.0. The quantitative estimate of drug-likeness (QED) is 0.145. The number of hydrogen-bond donors (Lipinski definition) is 0. The molecule has 0 spiro atoms. The lowest BCUT2D eigenvalue weighted by atomic mass is 9.84. The minimum Gasteiger partial charge on any atom is -0.299 e. The van der Waals surface area contributed by atoms with Crippen molar-refractivity contribution >= 4 is 5.57 Å². The zero-order valence-corrected chi connectivity index (χ0v) is 39.1. The molecule has 324 valence electrons. The number of halogens is 1. The molecule has 7 aromatic rings. The fourth-order valence-electron chi connectivity index (χ4n) is 9.13. The third-order valence-corrected chi connectivity index (χ3v) is 12.0. The topological polar surface area (TPSA) is 35.6 Å². The number of imidazole rings is 2. The molecule has 2 aliphatic rings. The van der Waals surface area contributed by atoms with E-state index >= 15 is 0 Å². The van der Waals surface area contributed by atoms with Crippen LogP contribution in [0.3, 0.4) is 0 Å². The Morgan fingerprint density at radius 1 is 0.587 bits per heavy atom. The molecule has 2 heterocycles. The lowest BCUT2D eigenvalue weighted by Gasteiger charge is -2.26. The van der Waals surface area contributed by atoms with Crippen LogP contribution in [0.25, 0.3) is 50.9 Å². The summed E-state index contributed by atoms with van der Waals surface area (Å²) in [5.41, 5.74) is 17.8. The average molecular weight is 837 g/mol. The Morgan fingerprint density at radius 3 is 1.68 bits per heavy atom. The lowest BCUT2D eigenvalue weighted by Crippen LogP contribution is -2.12. The predicted octanol–water partition coefficient (Wildman–Crippen LogP) is 16.5. The highest BCUT2D eigenvalue weighted by atomic mass is 19.1. The standard InChI is InChI=1S/C28H29FN2.C27H28N2.C3H8/c1-17(2)23-16-20-15-19-9-5-6-10-21(19)26(20)25(18(3)4)27(23)31-14-13-30-28(31)22-11-7-8-12-24(22)29;1-19(2)24-17-23(21-11-7-5-8-12-21)18-25(20(3)4)26(24)29-16-15-28-27(29)22-13-9-6-10-14-22;1-3-2/h6-8,10-14,16-18H,5,9,15H2,1-4H3;5-20H,1-4H3;3H2,1-2H3. The van der Waals surface area contributed by atoms with Crippen molar-refractivity contribution in [2.24, 2.45) is 0 Å². The van der Waals surface area contributed by atoms with E-state index in [-0.39, 0.29) is 5.82 Å². The first kappa shape index (κ1) is 45.0. The summed E-state index contributed by atoms with van der Waals surface area (Å²) in [6, 6.07) is 35.1. The number of fused-ring (bicyclic) bond motifs is 2. The van der Waals surface area contributed by atoms with Gasteiger partial charge < -0.3 is 0 Å². The molecular formula is C58H65FN4. The van der Waals surface area contributed by atoms with Crippen LogP contribution in [0.4, 0.5) is 4.39 Å². The van der Waals surface area contributed by atoms with Gasteiger partial charge in [-0.1, -0.05) is 172 Å². The second-order valence-electron chi connectivity index (χ2n) is 18.2. The summed E-state index contributed by atoms with van der Waals surface area (Å²) in [4.78, 5) is 9.30. The third kappa shape index (κ3) is 9.35. The van der Waals surface area contributed by atoms with Crippen molar-refractivity contribution < 1.29 is 4.39 Å². The average Bonchev–Trinajstić information content (AvgIpc) is 4.06. The number of benzene rings is 5. The van der Waals surface area contributed by atoms with Crippen molar-refractivity contribution in [2.45, 2.75) is 119 Å². The van der Waals surface area contributed by atoms with Gasteiger partial charge in [-0.2, -0.15) is 0 Å². The molecule has 5 aromatic carbocycles. The van der Waals surface area contributed by atoms with Gasteiger partial charge in [-0.25, -0.2) is 14.4 Å². The van der Waals surface area contributed by atoms with Gasteiger partial charge in [-0.15, -0.1) is 0 Å². The van der Waals surface area contributed by atoms with Crippen molar-refractivity contribution in [1.82, 2.24) is 19.1 Å². The minimum atomic E-state index is -0.242. The van der Waals surface area contributed by atoms with Gasteiger partial charge in [0.25, 0.3) is 0 Å². The van der Waals surface area contributed by atoms with Gasteiger partial charge in [0.1, 0.15) is 17.5 Å². The molecule has 0 unspecified atom stereocenters. The van der Waals surface area contributed by atoms with Crippen molar-refractivity contribution in [3.8, 4) is 45.3 Å². The van der Waals surface area contributed by atoms with Crippen LogP contribution in [0.1, 0.15) is 146 Å². The molecule has 0 saturated carbocycles. The second-order valence-corrected chi connectivity index (χ2v) is 18.2. The van der Waals surface area contributed by atoms with Gasteiger partial charge in [0, 0.05) is 30.4 Å². The molecule has 0 aliphatic heterocycles. The Hall–Kier alpha value is -6.07. The van der Waals surface area contributed by atoms with E-state index in [2.05, 4.69) is 175 Å². The van der Waals surface area contributed by atoms with E-state index in [0.717, 1.165) is 30.7 Å². The van der Waals surface area contributed by atoms with Gasteiger partial charge in [0.2, 0.25) is 0 Å². The first-order valence-corrected chi connectivity index (χ1v) is 23.1. The van der Waals surface area contributed by atoms with E-state index in [1.807, 2.05) is 30.6 Å². The zero-order valence-electron chi connectivity index (χ0n) is 39.1. The number of aromatic nitrogens is 4. The summed E-state index contributed by atoms with van der Waals surface area (Å²) in [5, 5.41) is 0. The number of rotatable bonds is 9. The van der Waals surface area contributed by atoms with E-state index in [1.54, 1.807) is 17.8 Å².